The highest BCUT2D eigenvalue weighted by molar-refractivity contribution is 7.99. The van der Waals surface area contributed by atoms with Gasteiger partial charge in [0.05, 0.1) is 23.8 Å². The van der Waals surface area contributed by atoms with Crippen LogP contribution in [0.1, 0.15) is 22.0 Å². The molecule has 2 aromatic rings. The monoisotopic (exact) mass is 322 g/mol. The molecule has 0 radical (unpaired) electrons. The molecule has 2 aromatic carbocycles. The molecular weight excluding hydrogens is 308 g/mol. The Morgan fingerprint density at radius 2 is 2.00 bits per heavy atom. The van der Waals surface area contributed by atoms with Crippen molar-refractivity contribution >= 4 is 29.3 Å². The molecule has 0 aliphatic rings. The number of aliphatic hydroxyl groups excluding tert-OH is 1. The molecule has 1 atom stereocenters. The highest BCUT2D eigenvalue weighted by Crippen LogP contribution is 2.28. The molecular formula is C16H15ClO3S. The lowest BCUT2D eigenvalue weighted by Gasteiger charge is -2.11. The van der Waals surface area contributed by atoms with Gasteiger partial charge in [0.2, 0.25) is 0 Å². The number of benzene rings is 2. The molecule has 2 rings (SSSR count). The molecule has 110 valence electrons. The van der Waals surface area contributed by atoms with Crippen LogP contribution in [-0.4, -0.2) is 23.9 Å². The zero-order valence-electron chi connectivity index (χ0n) is 11.5. The highest BCUT2D eigenvalue weighted by atomic mass is 35.5. The lowest BCUT2D eigenvalue weighted by molar-refractivity contribution is 0.0601. The average Bonchev–Trinajstić information content (AvgIpc) is 2.52. The first-order valence-electron chi connectivity index (χ1n) is 6.35. The van der Waals surface area contributed by atoms with Crippen molar-refractivity contribution in [3.05, 3.63) is 64.7 Å². The predicted octanol–water partition coefficient (Wildman–Crippen LogP) is 3.95. The zero-order valence-corrected chi connectivity index (χ0v) is 13.0. The van der Waals surface area contributed by atoms with E-state index < -0.39 is 12.1 Å². The number of halogens is 1. The minimum Gasteiger partial charge on any atom is -0.465 e. The first-order chi connectivity index (χ1) is 10.1. The Labute approximate surface area is 132 Å². The van der Waals surface area contributed by atoms with Crippen LogP contribution < -0.4 is 0 Å². The van der Waals surface area contributed by atoms with Gasteiger partial charge in [-0.05, 0) is 23.8 Å². The molecule has 1 N–H and O–H groups in total. The van der Waals surface area contributed by atoms with E-state index in [4.69, 9.17) is 11.6 Å². The van der Waals surface area contributed by atoms with Crippen molar-refractivity contribution in [1.82, 2.24) is 0 Å². The third-order valence-electron chi connectivity index (χ3n) is 2.94. The fourth-order valence-corrected chi connectivity index (χ4v) is 3.04. The predicted molar refractivity (Wildman–Crippen MR) is 84.9 cm³/mol. The van der Waals surface area contributed by atoms with E-state index in [1.54, 1.807) is 18.2 Å². The van der Waals surface area contributed by atoms with E-state index in [1.807, 2.05) is 30.3 Å². The van der Waals surface area contributed by atoms with Gasteiger partial charge in [-0.3, -0.25) is 0 Å². The van der Waals surface area contributed by atoms with Gasteiger partial charge >= 0.3 is 5.97 Å². The average molecular weight is 323 g/mol. The van der Waals surface area contributed by atoms with Gasteiger partial charge in [0.25, 0.3) is 0 Å². The topological polar surface area (TPSA) is 46.5 Å². The van der Waals surface area contributed by atoms with Gasteiger partial charge in [0.1, 0.15) is 0 Å². The van der Waals surface area contributed by atoms with E-state index in [1.165, 1.54) is 18.9 Å². The smallest absolute Gasteiger partial charge is 0.339 e. The standard InChI is InChI=1S/C16H15ClO3S/c1-20-16(19)13-8-7-12(9-14(13)17)21-10-15(18)11-5-3-2-4-6-11/h2-9,15,18H,10H2,1H3/t15-/m1/s1. The van der Waals surface area contributed by atoms with Crippen molar-refractivity contribution in [1.29, 1.82) is 0 Å². The molecule has 0 aliphatic heterocycles. The van der Waals surface area contributed by atoms with Gasteiger partial charge in [-0.15, -0.1) is 11.8 Å². The van der Waals surface area contributed by atoms with Gasteiger partial charge in [0.15, 0.2) is 0 Å². The maximum absolute atomic E-state index is 11.4. The van der Waals surface area contributed by atoms with Crippen LogP contribution in [0.2, 0.25) is 5.02 Å². The van der Waals surface area contributed by atoms with Crippen molar-refractivity contribution in [2.75, 3.05) is 12.9 Å². The molecule has 0 amide bonds. The fourth-order valence-electron chi connectivity index (χ4n) is 1.81. The second-order valence-electron chi connectivity index (χ2n) is 4.37. The molecule has 0 saturated heterocycles. The summed E-state index contributed by atoms with van der Waals surface area (Å²) in [6, 6.07) is 14.6. The van der Waals surface area contributed by atoms with Crippen LogP contribution in [0.25, 0.3) is 0 Å². The van der Waals surface area contributed by atoms with Crippen molar-refractivity contribution in [2.45, 2.75) is 11.0 Å². The van der Waals surface area contributed by atoms with Crippen molar-refractivity contribution in [3.63, 3.8) is 0 Å². The zero-order chi connectivity index (χ0) is 15.2. The molecule has 0 heterocycles. The molecule has 0 aliphatic carbocycles. The van der Waals surface area contributed by atoms with E-state index in [0.717, 1.165) is 10.5 Å². The molecule has 5 heteroatoms. The number of methoxy groups -OCH3 is 1. The number of carbonyl (C=O) groups is 1. The van der Waals surface area contributed by atoms with Gasteiger partial charge in [-0.2, -0.15) is 0 Å². The van der Waals surface area contributed by atoms with Crippen LogP contribution in [0, 0.1) is 0 Å². The van der Waals surface area contributed by atoms with Crippen LogP contribution >= 0.6 is 23.4 Å². The Balaban J connectivity index is 2.01. The quantitative estimate of drug-likeness (QED) is 0.668. The summed E-state index contributed by atoms with van der Waals surface area (Å²) in [5, 5.41) is 10.5. The summed E-state index contributed by atoms with van der Waals surface area (Å²) in [5.74, 6) is 0.0543. The molecule has 0 saturated carbocycles. The fraction of sp³-hybridized carbons (Fsp3) is 0.188. The minimum atomic E-state index is -0.546. The van der Waals surface area contributed by atoms with E-state index in [0.29, 0.717) is 16.3 Å². The Bertz CT molecular complexity index is 616. The second-order valence-corrected chi connectivity index (χ2v) is 5.87. The van der Waals surface area contributed by atoms with Crippen molar-refractivity contribution in [2.24, 2.45) is 0 Å². The normalized spacial score (nSPS) is 12.0. The number of hydrogen-bond acceptors (Lipinski definition) is 4. The number of ether oxygens (including phenoxy) is 1. The molecule has 0 fully saturated rings. The summed E-state index contributed by atoms with van der Waals surface area (Å²) in [7, 11) is 1.32. The highest BCUT2D eigenvalue weighted by Gasteiger charge is 2.12. The van der Waals surface area contributed by atoms with Gasteiger partial charge in [-0.25, -0.2) is 4.79 Å². The third-order valence-corrected chi connectivity index (χ3v) is 4.32. The summed E-state index contributed by atoms with van der Waals surface area (Å²) in [6.07, 6.45) is -0.546. The Kier molecular flexibility index (Phi) is 5.67. The summed E-state index contributed by atoms with van der Waals surface area (Å²) in [6.45, 7) is 0. The van der Waals surface area contributed by atoms with Crippen molar-refractivity contribution < 1.29 is 14.6 Å². The number of carbonyl (C=O) groups excluding carboxylic acids is 1. The van der Waals surface area contributed by atoms with Crippen LogP contribution in [0.15, 0.2) is 53.4 Å². The number of esters is 1. The van der Waals surface area contributed by atoms with E-state index in [9.17, 15) is 9.90 Å². The summed E-state index contributed by atoms with van der Waals surface area (Å²) >= 11 is 7.54. The second kappa shape index (κ2) is 7.50. The van der Waals surface area contributed by atoms with E-state index in [-0.39, 0.29) is 0 Å². The van der Waals surface area contributed by atoms with Crippen molar-refractivity contribution in [3.8, 4) is 0 Å². The van der Waals surface area contributed by atoms with Crippen LogP contribution in [-0.2, 0) is 4.74 Å². The molecule has 21 heavy (non-hydrogen) atoms. The molecule has 0 bridgehead atoms. The molecule has 0 unspecified atom stereocenters. The maximum Gasteiger partial charge on any atom is 0.339 e. The van der Waals surface area contributed by atoms with Crippen LogP contribution in [0.5, 0.6) is 0 Å². The van der Waals surface area contributed by atoms with E-state index in [2.05, 4.69) is 4.74 Å². The largest absolute Gasteiger partial charge is 0.465 e. The minimum absolute atomic E-state index is 0.340. The lowest BCUT2D eigenvalue weighted by atomic mass is 10.1. The first-order valence-corrected chi connectivity index (χ1v) is 7.72. The Morgan fingerprint density at radius 1 is 1.29 bits per heavy atom. The SMILES string of the molecule is COC(=O)c1ccc(SC[C@@H](O)c2ccccc2)cc1Cl. The summed E-state index contributed by atoms with van der Waals surface area (Å²) < 4.78 is 4.64. The van der Waals surface area contributed by atoms with E-state index >= 15 is 0 Å². The molecule has 0 aromatic heterocycles. The first kappa shape index (κ1) is 15.9. The molecule has 0 spiro atoms. The van der Waals surface area contributed by atoms with Crippen LogP contribution in [0.4, 0.5) is 0 Å². The Hall–Kier alpha value is -1.49. The van der Waals surface area contributed by atoms with Crippen LogP contribution in [0.3, 0.4) is 0 Å². The summed E-state index contributed by atoms with van der Waals surface area (Å²) in [5.41, 5.74) is 1.22. The number of rotatable bonds is 5. The number of aliphatic hydroxyl groups is 1. The number of hydrogen-bond donors (Lipinski definition) is 1. The summed E-state index contributed by atoms with van der Waals surface area (Å²) in [4.78, 5) is 12.3. The van der Waals surface area contributed by atoms with Gasteiger partial charge in [0, 0.05) is 10.6 Å². The van der Waals surface area contributed by atoms with Gasteiger partial charge in [-0.1, -0.05) is 41.9 Å². The third kappa shape index (κ3) is 4.24. The Morgan fingerprint density at radius 3 is 2.62 bits per heavy atom. The maximum atomic E-state index is 11.4. The molecule has 3 nitrogen and oxygen atoms in total. The number of thioether (sulfide) groups is 1. The van der Waals surface area contributed by atoms with Gasteiger partial charge < -0.3 is 9.84 Å². The lowest BCUT2D eigenvalue weighted by Crippen LogP contribution is -2.02.